The van der Waals surface area contributed by atoms with Crippen LogP contribution in [0.2, 0.25) is 0 Å². The predicted molar refractivity (Wildman–Crippen MR) is 67.4 cm³/mol. The highest BCUT2D eigenvalue weighted by molar-refractivity contribution is 7.80. The Bertz CT molecular complexity index is 307. The smallest absolute Gasteiger partial charge is 0.0233 e. The Labute approximate surface area is 97.9 Å². The molecule has 0 spiro atoms. The van der Waals surface area contributed by atoms with Crippen LogP contribution in [-0.4, -0.2) is 18.0 Å². The summed E-state index contributed by atoms with van der Waals surface area (Å²) in [5.74, 6) is 0.864. The predicted octanol–water partition coefficient (Wildman–Crippen LogP) is 3.21. The van der Waals surface area contributed by atoms with Gasteiger partial charge in [-0.3, -0.25) is 4.90 Å². The van der Waals surface area contributed by atoms with Crippen LogP contribution in [0.4, 0.5) is 0 Å². The van der Waals surface area contributed by atoms with E-state index in [0.29, 0.717) is 0 Å². The maximum Gasteiger partial charge on any atom is 0.0233 e. The lowest BCUT2D eigenvalue weighted by Gasteiger charge is -2.30. The largest absolute Gasteiger partial charge is 0.299 e. The number of piperidine rings is 1. The quantitative estimate of drug-likeness (QED) is 0.751. The van der Waals surface area contributed by atoms with Crippen molar-refractivity contribution in [3.05, 3.63) is 29.8 Å². The lowest BCUT2D eigenvalue weighted by atomic mass is 10.00. The van der Waals surface area contributed by atoms with E-state index in [1.54, 1.807) is 0 Å². The molecule has 0 amide bonds. The molecule has 2 rings (SSSR count). The van der Waals surface area contributed by atoms with Crippen LogP contribution < -0.4 is 0 Å². The van der Waals surface area contributed by atoms with Gasteiger partial charge in [0.25, 0.3) is 0 Å². The molecule has 0 aromatic heterocycles. The highest BCUT2D eigenvalue weighted by Crippen LogP contribution is 2.18. The molecule has 82 valence electrons. The van der Waals surface area contributed by atoms with Crippen LogP contribution in [0.5, 0.6) is 0 Å². The fraction of sp³-hybridized carbons (Fsp3) is 0.538. The molecule has 1 aliphatic heterocycles. The summed E-state index contributed by atoms with van der Waals surface area (Å²) in [5.41, 5.74) is 1.40. The van der Waals surface area contributed by atoms with Crippen LogP contribution in [0, 0.1) is 5.92 Å². The van der Waals surface area contributed by atoms with Gasteiger partial charge in [-0.05, 0) is 43.0 Å². The van der Waals surface area contributed by atoms with Crippen LogP contribution in [-0.2, 0) is 6.54 Å². The van der Waals surface area contributed by atoms with E-state index in [-0.39, 0.29) is 0 Å². The molecule has 1 nitrogen and oxygen atoms in total. The third kappa shape index (κ3) is 3.25. The van der Waals surface area contributed by atoms with Gasteiger partial charge in [0, 0.05) is 18.0 Å². The lowest BCUT2D eigenvalue weighted by molar-refractivity contribution is 0.176. The molecule has 1 atom stereocenters. The average Bonchev–Trinajstić information content (AvgIpc) is 2.22. The topological polar surface area (TPSA) is 3.24 Å². The van der Waals surface area contributed by atoms with Gasteiger partial charge in [0.15, 0.2) is 0 Å². The lowest BCUT2D eigenvalue weighted by Crippen LogP contribution is -2.33. The van der Waals surface area contributed by atoms with Gasteiger partial charge in [-0.25, -0.2) is 0 Å². The zero-order valence-electron chi connectivity index (χ0n) is 9.32. The van der Waals surface area contributed by atoms with E-state index in [9.17, 15) is 0 Å². The van der Waals surface area contributed by atoms with Crippen LogP contribution in [0.3, 0.4) is 0 Å². The van der Waals surface area contributed by atoms with E-state index in [1.807, 2.05) is 0 Å². The maximum absolute atomic E-state index is 4.30. The van der Waals surface area contributed by atoms with Crippen molar-refractivity contribution in [3.8, 4) is 0 Å². The molecule has 1 saturated heterocycles. The number of hydrogen-bond acceptors (Lipinski definition) is 2. The van der Waals surface area contributed by atoms with E-state index < -0.39 is 0 Å². The van der Waals surface area contributed by atoms with Crippen molar-refractivity contribution in [1.82, 2.24) is 4.90 Å². The first-order chi connectivity index (χ1) is 7.24. The van der Waals surface area contributed by atoms with Crippen molar-refractivity contribution in [2.75, 3.05) is 13.1 Å². The molecule has 0 bridgehead atoms. The van der Waals surface area contributed by atoms with Crippen molar-refractivity contribution in [1.29, 1.82) is 0 Å². The van der Waals surface area contributed by atoms with Crippen molar-refractivity contribution >= 4 is 12.6 Å². The molecule has 1 aromatic carbocycles. The Hall–Kier alpha value is -0.470. The van der Waals surface area contributed by atoms with Gasteiger partial charge >= 0.3 is 0 Å². The number of nitrogens with zero attached hydrogens (tertiary/aromatic N) is 1. The monoisotopic (exact) mass is 221 g/mol. The zero-order chi connectivity index (χ0) is 10.7. The molecule has 2 heteroatoms. The fourth-order valence-corrected chi connectivity index (χ4v) is 2.44. The molecule has 0 aliphatic carbocycles. The first-order valence-electron chi connectivity index (χ1n) is 5.74. The summed E-state index contributed by atoms with van der Waals surface area (Å²) in [6, 6.07) is 8.51. The minimum absolute atomic E-state index is 0.864. The number of hydrogen-bond donors (Lipinski definition) is 1. The Balaban J connectivity index is 1.93. The second-order valence-electron chi connectivity index (χ2n) is 4.65. The Morgan fingerprint density at radius 3 is 2.73 bits per heavy atom. The van der Waals surface area contributed by atoms with E-state index in [4.69, 9.17) is 0 Å². The molecular weight excluding hydrogens is 202 g/mol. The van der Waals surface area contributed by atoms with Crippen LogP contribution in [0.1, 0.15) is 25.3 Å². The first-order valence-corrected chi connectivity index (χ1v) is 6.19. The molecular formula is C13H19NS. The molecule has 1 aromatic rings. The summed E-state index contributed by atoms with van der Waals surface area (Å²) in [7, 11) is 0. The Morgan fingerprint density at radius 2 is 2.07 bits per heavy atom. The number of thiol groups is 1. The summed E-state index contributed by atoms with van der Waals surface area (Å²) >= 11 is 4.30. The second kappa shape index (κ2) is 5.04. The van der Waals surface area contributed by atoms with Gasteiger partial charge < -0.3 is 0 Å². The molecule has 1 aliphatic rings. The average molecular weight is 221 g/mol. The summed E-state index contributed by atoms with van der Waals surface area (Å²) < 4.78 is 0. The van der Waals surface area contributed by atoms with E-state index in [1.165, 1.54) is 31.5 Å². The van der Waals surface area contributed by atoms with Crippen molar-refractivity contribution in [2.45, 2.75) is 31.2 Å². The SMILES string of the molecule is C[C@@H]1CCCN(Cc2ccc(S)cc2)C1. The molecule has 0 N–H and O–H groups in total. The van der Waals surface area contributed by atoms with Gasteiger partial charge in [-0.1, -0.05) is 19.1 Å². The number of rotatable bonds is 2. The standard InChI is InChI=1S/C13H19NS/c1-11-3-2-8-14(9-11)10-12-4-6-13(15)7-5-12/h4-7,11,15H,2-3,8-10H2,1H3/t11-/m1/s1. The summed E-state index contributed by atoms with van der Waals surface area (Å²) in [6.07, 6.45) is 2.75. The van der Waals surface area contributed by atoms with E-state index in [2.05, 4.69) is 48.7 Å². The Morgan fingerprint density at radius 1 is 1.33 bits per heavy atom. The van der Waals surface area contributed by atoms with Crippen molar-refractivity contribution in [2.24, 2.45) is 5.92 Å². The number of likely N-dealkylation sites (tertiary alicyclic amines) is 1. The first kappa shape index (κ1) is 11.0. The van der Waals surface area contributed by atoms with Crippen LogP contribution >= 0.6 is 12.6 Å². The second-order valence-corrected chi connectivity index (χ2v) is 5.17. The van der Waals surface area contributed by atoms with Gasteiger partial charge in [-0.15, -0.1) is 12.6 Å². The van der Waals surface area contributed by atoms with Crippen LogP contribution in [0.15, 0.2) is 29.2 Å². The molecule has 0 unspecified atom stereocenters. The highest BCUT2D eigenvalue weighted by Gasteiger charge is 2.15. The zero-order valence-corrected chi connectivity index (χ0v) is 10.2. The molecule has 0 saturated carbocycles. The summed E-state index contributed by atoms with van der Waals surface area (Å²) in [6.45, 7) is 5.96. The fourth-order valence-electron chi connectivity index (χ4n) is 2.29. The summed E-state index contributed by atoms with van der Waals surface area (Å²) in [4.78, 5) is 3.60. The highest BCUT2D eigenvalue weighted by atomic mass is 32.1. The summed E-state index contributed by atoms with van der Waals surface area (Å²) in [5, 5.41) is 0. The van der Waals surface area contributed by atoms with Gasteiger partial charge in [-0.2, -0.15) is 0 Å². The van der Waals surface area contributed by atoms with Gasteiger partial charge in [0.05, 0.1) is 0 Å². The third-order valence-corrected chi connectivity index (χ3v) is 3.38. The van der Waals surface area contributed by atoms with Crippen molar-refractivity contribution in [3.63, 3.8) is 0 Å². The van der Waals surface area contributed by atoms with Gasteiger partial charge in [0.1, 0.15) is 0 Å². The number of benzene rings is 1. The minimum atomic E-state index is 0.864. The maximum atomic E-state index is 4.30. The third-order valence-electron chi connectivity index (χ3n) is 3.08. The van der Waals surface area contributed by atoms with Gasteiger partial charge in [0.2, 0.25) is 0 Å². The molecule has 15 heavy (non-hydrogen) atoms. The Kier molecular flexibility index (Phi) is 3.71. The minimum Gasteiger partial charge on any atom is -0.299 e. The van der Waals surface area contributed by atoms with E-state index in [0.717, 1.165) is 17.4 Å². The normalized spacial score (nSPS) is 22.9. The van der Waals surface area contributed by atoms with E-state index >= 15 is 0 Å². The molecule has 1 heterocycles. The molecule has 1 fully saturated rings. The van der Waals surface area contributed by atoms with Crippen molar-refractivity contribution < 1.29 is 0 Å². The van der Waals surface area contributed by atoms with Crippen LogP contribution in [0.25, 0.3) is 0 Å². The molecule has 0 radical (unpaired) electrons.